The van der Waals surface area contributed by atoms with Gasteiger partial charge in [-0.3, -0.25) is 23.5 Å². The van der Waals surface area contributed by atoms with Gasteiger partial charge in [0.25, 0.3) is 11.5 Å². The second-order valence-electron chi connectivity index (χ2n) is 7.33. The Morgan fingerprint density at radius 3 is 2.32 bits per heavy atom. The molecule has 2 aromatic heterocycles. The maximum Gasteiger partial charge on any atom is 0.332 e. The molecule has 0 fully saturated rings. The normalized spacial score (nSPS) is 11.7. The van der Waals surface area contributed by atoms with Crippen LogP contribution < -0.4 is 21.9 Å². The summed E-state index contributed by atoms with van der Waals surface area (Å²) in [6.07, 6.45) is -0.638. The molecule has 0 saturated carbocycles. The van der Waals surface area contributed by atoms with Crippen molar-refractivity contribution < 1.29 is 24.6 Å². The minimum Gasteiger partial charge on any atom is -0.481 e. The minimum atomic E-state index is -1.33. The van der Waals surface area contributed by atoms with Crippen molar-refractivity contribution in [1.82, 2.24) is 29.6 Å². The lowest BCUT2D eigenvalue weighted by Crippen LogP contribution is -2.41. The molecule has 0 aliphatic heterocycles. The molecule has 0 aliphatic rings. The molecule has 3 aromatic rings. The van der Waals surface area contributed by atoms with Crippen LogP contribution >= 0.6 is 0 Å². The van der Waals surface area contributed by atoms with E-state index >= 15 is 0 Å². The number of hydrogen-bond donors (Lipinski definition) is 4. The molecule has 2 heterocycles. The number of nitrogens with one attached hydrogen (secondary N) is 2. The second-order valence-corrected chi connectivity index (χ2v) is 7.33. The molecule has 3 rings (SSSR count). The van der Waals surface area contributed by atoms with Gasteiger partial charge >= 0.3 is 17.6 Å². The lowest BCUT2D eigenvalue weighted by atomic mass is 10.1. The van der Waals surface area contributed by atoms with Gasteiger partial charge in [0.15, 0.2) is 17.0 Å². The van der Waals surface area contributed by atoms with Gasteiger partial charge in [-0.1, -0.05) is 0 Å². The van der Waals surface area contributed by atoms with Crippen molar-refractivity contribution in [2.24, 2.45) is 14.1 Å². The number of aliphatic carboxylic acids is 2. The number of carbonyl (C=O) groups is 3. The SMILES string of the molecule is Cn1c(=O)c2nc(CNc3ccc(C(=O)NC(CCC(=O)O)C(=O)O)cc3)nnc2n(C)c1=O. The van der Waals surface area contributed by atoms with Gasteiger partial charge in [0.05, 0.1) is 6.54 Å². The summed E-state index contributed by atoms with van der Waals surface area (Å²) in [5, 5.41) is 31.0. The van der Waals surface area contributed by atoms with E-state index in [-0.39, 0.29) is 35.5 Å². The maximum atomic E-state index is 12.3. The number of carbonyl (C=O) groups excluding carboxylic acids is 1. The van der Waals surface area contributed by atoms with Gasteiger partial charge in [0, 0.05) is 31.8 Å². The summed E-state index contributed by atoms with van der Waals surface area (Å²) >= 11 is 0. The zero-order valence-corrected chi connectivity index (χ0v) is 18.2. The largest absolute Gasteiger partial charge is 0.481 e. The third kappa shape index (κ3) is 5.23. The molecule has 14 nitrogen and oxygen atoms in total. The second kappa shape index (κ2) is 9.89. The van der Waals surface area contributed by atoms with Crippen LogP contribution in [0.25, 0.3) is 11.2 Å². The van der Waals surface area contributed by atoms with Crippen molar-refractivity contribution >= 4 is 34.7 Å². The van der Waals surface area contributed by atoms with Gasteiger partial charge in [-0.25, -0.2) is 14.6 Å². The van der Waals surface area contributed by atoms with Crippen molar-refractivity contribution in [3.05, 3.63) is 56.5 Å². The lowest BCUT2D eigenvalue weighted by Gasteiger charge is -2.14. The molecular formula is C20H21N7O7. The first kappa shape index (κ1) is 24.0. The van der Waals surface area contributed by atoms with E-state index in [4.69, 9.17) is 10.2 Å². The van der Waals surface area contributed by atoms with E-state index in [1.54, 1.807) is 12.1 Å². The Balaban J connectivity index is 1.68. The summed E-state index contributed by atoms with van der Waals surface area (Å²) in [6, 6.07) is 4.72. The third-order valence-electron chi connectivity index (χ3n) is 4.96. The topological polar surface area (TPSA) is 198 Å². The smallest absolute Gasteiger partial charge is 0.332 e. The molecule has 178 valence electrons. The number of anilines is 1. The molecule has 0 spiro atoms. The Hall–Kier alpha value is -4.62. The molecule has 0 radical (unpaired) electrons. The molecule has 1 aromatic carbocycles. The van der Waals surface area contributed by atoms with Crippen LogP contribution in [0.3, 0.4) is 0 Å². The fourth-order valence-electron chi connectivity index (χ4n) is 3.05. The van der Waals surface area contributed by atoms with E-state index in [0.29, 0.717) is 5.69 Å². The Morgan fingerprint density at radius 1 is 1.03 bits per heavy atom. The minimum absolute atomic E-state index is 0.000647. The summed E-state index contributed by atoms with van der Waals surface area (Å²) in [6.45, 7) is 0.0940. The van der Waals surface area contributed by atoms with Crippen LogP contribution in [0.2, 0.25) is 0 Å². The van der Waals surface area contributed by atoms with E-state index in [1.807, 2.05) is 0 Å². The number of nitrogens with zero attached hydrogens (tertiary/aromatic N) is 5. The molecule has 14 heteroatoms. The third-order valence-corrected chi connectivity index (χ3v) is 4.96. The predicted octanol–water partition coefficient (Wildman–Crippen LogP) is -0.918. The summed E-state index contributed by atoms with van der Waals surface area (Å²) < 4.78 is 2.10. The highest BCUT2D eigenvalue weighted by Gasteiger charge is 2.21. The van der Waals surface area contributed by atoms with Crippen molar-refractivity contribution in [3.8, 4) is 0 Å². The zero-order chi connectivity index (χ0) is 25.0. The van der Waals surface area contributed by atoms with E-state index in [0.717, 1.165) is 4.57 Å². The van der Waals surface area contributed by atoms with Crippen molar-refractivity contribution in [2.45, 2.75) is 25.4 Å². The van der Waals surface area contributed by atoms with Gasteiger partial charge in [0.2, 0.25) is 0 Å². The van der Waals surface area contributed by atoms with Crippen LogP contribution in [0, 0.1) is 0 Å². The monoisotopic (exact) mass is 471 g/mol. The Bertz CT molecular complexity index is 1380. The molecule has 1 unspecified atom stereocenters. The van der Waals surface area contributed by atoms with E-state index in [9.17, 15) is 24.0 Å². The summed E-state index contributed by atoms with van der Waals surface area (Å²) in [4.78, 5) is 62.7. The molecule has 4 N–H and O–H groups in total. The molecule has 0 aliphatic carbocycles. The van der Waals surface area contributed by atoms with Gasteiger partial charge in [-0.05, 0) is 30.7 Å². The van der Waals surface area contributed by atoms with Gasteiger partial charge in [0.1, 0.15) is 6.04 Å². The Labute approximate surface area is 190 Å². The highest BCUT2D eigenvalue weighted by molar-refractivity contribution is 5.96. The van der Waals surface area contributed by atoms with E-state index in [1.165, 1.54) is 30.8 Å². The molecule has 0 saturated heterocycles. The number of rotatable bonds is 9. The summed E-state index contributed by atoms with van der Waals surface area (Å²) in [7, 11) is 2.80. The Morgan fingerprint density at radius 2 is 1.71 bits per heavy atom. The summed E-state index contributed by atoms with van der Waals surface area (Å²) in [5.74, 6) is -2.95. The average Bonchev–Trinajstić information content (AvgIpc) is 2.82. The quantitative estimate of drug-likeness (QED) is 0.301. The number of hydrogen-bond acceptors (Lipinski definition) is 9. The van der Waals surface area contributed by atoms with Gasteiger partial charge in [-0.2, -0.15) is 0 Å². The average molecular weight is 471 g/mol. The van der Waals surface area contributed by atoms with E-state index in [2.05, 4.69) is 25.8 Å². The summed E-state index contributed by atoms with van der Waals surface area (Å²) in [5.41, 5.74) is -0.309. The van der Waals surface area contributed by atoms with Gasteiger partial charge in [-0.15, -0.1) is 10.2 Å². The number of fused-ring (bicyclic) bond motifs is 1. The number of carboxylic acid groups (broad SMARTS) is 2. The van der Waals surface area contributed by atoms with Crippen molar-refractivity contribution in [1.29, 1.82) is 0 Å². The molecule has 1 atom stereocenters. The predicted molar refractivity (Wildman–Crippen MR) is 117 cm³/mol. The maximum absolute atomic E-state index is 12.3. The lowest BCUT2D eigenvalue weighted by molar-refractivity contribution is -0.140. The van der Waals surface area contributed by atoms with Gasteiger partial charge < -0.3 is 20.8 Å². The molecular weight excluding hydrogens is 450 g/mol. The first-order chi connectivity index (χ1) is 16.1. The zero-order valence-electron chi connectivity index (χ0n) is 18.2. The first-order valence-corrected chi connectivity index (χ1v) is 9.97. The van der Waals surface area contributed by atoms with Crippen LogP contribution in [0.4, 0.5) is 5.69 Å². The standard InChI is InChI=1S/C20H21N7O7/c1-26-16-15(18(31)27(2)20(26)34)23-13(24-25-16)9-21-11-5-3-10(4-6-11)17(30)22-12(19(32)33)7-8-14(28)29/h3-6,12,21H,7-9H2,1-2H3,(H,22,30)(H,28,29)(H,32,33). The van der Waals surface area contributed by atoms with E-state index < -0.39 is 41.6 Å². The van der Waals surface area contributed by atoms with Crippen LogP contribution in [0.5, 0.6) is 0 Å². The molecule has 1 amide bonds. The molecule has 0 bridgehead atoms. The van der Waals surface area contributed by atoms with Crippen molar-refractivity contribution in [2.75, 3.05) is 5.32 Å². The number of amides is 1. The number of benzene rings is 1. The van der Waals surface area contributed by atoms with Crippen LogP contribution in [-0.2, 0) is 30.2 Å². The number of aryl methyl sites for hydroxylation is 1. The van der Waals surface area contributed by atoms with Crippen LogP contribution in [0.1, 0.15) is 29.0 Å². The fraction of sp³-hybridized carbons (Fsp3) is 0.300. The van der Waals surface area contributed by atoms with Crippen molar-refractivity contribution in [3.63, 3.8) is 0 Å². The van der Waals surface area contributed by atoms with Crippen LogP contribution in [-0.4, -0.2) is 58.4 Å². The fourth-order valence-corrected chi connectivity index (χ4v) is 3.05. The van der Waals surface area contributed by atoms with Crippen LogP contribution in [0.15, 0.2) is 33.9 Å². The highest BCUT2D eigenvalue weighted by Crippen LogP contribution is 2.11. The first-order valence-electron chi connectivity index (χ1n) is 9.97. The number of carboxylic acids is 2. The number of aromatic nitrogens is 5. The molecule has 34 heavy (non-hydrogen) atoms. The highest BCUT2D eigenvalue weighted by atomic mass is 16.4. The Kier molecular flexibility index (Phi) is 6.99.